The standard InChI is InChI=1S/C14H17N3O3S/c1-10-7-11(18)12(8-17(10)2)20-9-13(19)15-4-3-14-16-5-6-21-14/h5-8H,3-4,9H2,1-2H3,(H,15,19). The summed E-state index contributed by atoms with van der Waals surface area (Å²) in [5.41, 5.74) is 0.612. The van der Waals surface area contributed by atoms with Gasteiger partial charge >= 0.3 is 0 Å². The molecule has 0 saturated carbocycles. The molecule has 0 fully saturated rings. The van der Waals surface area contributed by atoms with Gasteiger partial charge in [0.2, 0.25) is 5.43 Å². The summed E-state index contributed by atoms with van der Waals surface area (Å²) in [6, 6.07) is 1.48. The number of ether oxygens (including phenoxy) is 1. The van der Waals surface area contributed by atoms with Crippen molar-refractivity contribution in [1.82, 2.24) is 14.9 Å². The van der Waals surface area contributed by atoms with Gasteiger partial charge in [-0.05, 0) is 6.92 Å². The topological polar surface area (TPSA) is 73.2 Å². The average molecular weight is 307 g/mol. The third kappa shape index (κ3) is 4.42. The van der Waals surface area contributed by atoms with E-state index in [9.17, 15) is 9.59 Å². The largest absolute Gasteiger partial charge is 0.478 e. The van der Waals surface area contributed by atoms with Crippen molar-refractivity contribution in [3.63, 3.8) is 0 Å². The first kappa shape index (κ1) is 15.2. The number of carbonyl (C=O) groups is 1. The number of pyridine rings is 1. The highest BCUT2D eigenvalue weighted by atomic mass is 32.1. The van der Waals surface area contributed by atoms with Crippen LogP contribution >= 0.6 is 11.3 Å². The van der Waals surface area contributed by atoms with Gasteiger partial charge in [0.1, 0.15) is 0 Å². The molecule has 1 amide bonds. The summed E-state index contributed by atoms with van der Waals surface area (Å²) < 4.78 is 7.04. The highest BCUT2D eigenvalue weighted by Crippen LogP contribution is 2.05. The van der Waals surface area contributed by atoms with Crippen molar-refractivity contribution in [2.45, 2.75) is 13.3 Å². The quantitative estimate of drug-likeness (QED) is 0.860. The Kier molecular flexibility index (Phi) is 5.10. The van der Waals surface area contributed by atoms with Gasteiger partial charge in [-0.1, -0.05) is 0 Å². The molecule has 1 N–H and O–H groups in total. The van der Waals surface area contributed by atoms with Crippen LogP contribution in [0.15, 0.2) is 28.6 Å². The van der Waals surface area contributed by atoms with E-state index in [4.69, 9.17) is 4.74 Å². The molecule has 21 heavy (non-hydrogen) atoms. The van der Waals surface area contributed by atoms with Gasteiger partial charge in [-0.2, -0.15) is 0 Å². The molecule has 2 rings (SSSR count). The molecule has 0 atom stereocenters. The molecule has 6 nitrogen and oxygen atoms in total. The van der Waals surface area contributed by atoms with Crippen LogP contribution in [0.1, 0.15) is 10.7 Å². The molecule has 0 radical (unpaired) electrons. The number of aromatic nitrogens is 2. The molecule has 0 saturated heterocycles. The summed E-state index contributed by atoms with van der Waals surface area (Å²) in [5, 5.41) is 5.60. The molecule has 0 aliphatic carbocycles. The fraction of sp³-hybridized carbons (Fsp3) is 0.357. The Hall–Kier alpha value is -2.15. The molecule has 0 bridgehead atoms. The maximum atomic E-state index is 11.7. The first-order valence-electron chi connectivity index (χ1n) is 6.51. The maximum Gasteiger partial charge on any atom is 0.257 e. The lowest BCUT2D eigenvalue weighted by atomic mass is 10.3. The van der Waals surface area contributed by atoms with E-state index in [-0.39, 0.29) is 23.7 Å². The van der Waals surface area contributed by atoms with Gasteiger partial charge in [-0.3, -0.25) is 9.59 Å². The van der Waals surface area contributed by atoms with Crippen LogP contribution < -0.4 is 15.5 Å². The molecule has 0 unspecified atom stereocenters. The van der Waals surface area contributed by atoms with Crippen molar-refractivity contribution in [2.24, 2.45) is 7.05 Å². The van der Waals surface area contributed by atoms with Gasteiger partial charge in [-0.15, -0.1) is 11.3 Å². The summed E-state index contributed by atoms with van der Waals surface area (Å²) in [5.74, 6) is -0.0765. The normalized spacial score (nSPS) is 10.4. The highest BCUT2D eigenvalue weighted by molar-refractivity contribution is 7.09. The first-order valence-corrected chi connectivity index (χ1v) is 7.39. The van der Waals surface area contributed by atoms with E-state index in [2.05, 4.69) is 10.3 Å². The Morgan fingerprint density at radius 1 is 1.52 bits per heavy atom. The molecule has 0 aliphatic rings. The van der Waals surface area contributed by atoms with E-state index >= 15 is 0 Å². The number of hydrogen-bond acceptors (Lipinski definition) is 5. The summed E-state index contributed by atoms with van der Waals surface area (Å²) in [6.07, 6.45) is 4.01. The molecule has 2 heterocycles. The fourth-order valence-corrected chi connectivity index (χ4v) is 2.31. The number of nitrogens with zero attached hydrogens (tertiary/aromatic N) is 2. The van der Waals surface area contributed by atoms with Gasteiger partial charge in [0.25, 0.3) is 5.91 Å². The Morgan fingerprint density at radius 2 is 2.33 bits per heavy atom. The smallest absolute Gasteiger partial charge is 0.257 e. The number of amides is 1. The molecule has 2 aromatic rings. The van der Waals surface area contributed by atoms with Crippen LogP contribution in [0.2, 0.25) is 0 Å². The predicted molar refractivity (Wildman–Crippen MR) is 80.7 cm³/mol. The van der Waals surface area contributed by atoms with Crippen LogP contribution in [0.4, 0.5) is 0 Å². The van der Waals surface area contributed by atoms with E-state index in [1.54, 1.807) is 28.3 Å². The van der Waals surface area contributed by atoms with E-state index in [0.717, 1.165) is 10.7 Å². The highest BCUT2D eigenvalue weighted by Gasteiger charge is 2.07. The SMILES string of the molecule is Cc1cc(=O)c(OCC(=O)NCCc2nccs2)cn1C. The molecule has 0 aromatic carbocycles. The Bertz CT molecular complexity index is 665. The summed E-state index contributed by atoms with van der Waals surface area (Å²) in [4.78, 5) is 27.5. The Labute approximate surface area is 126 Å². The fourth-order valence-electron chi connectivity index (χ4n) is 1.69. The predicted octanol–water partition coefficient (Wildman–Crippen LogP) is 0.888. The van der Waals surface area contributed by atoms with Crippen molar-refractivity contribution in [2.75, 3.05) is 13.2 Å². The lowest BCUT2D eigenvalue weighted by Gasteiger charge is -2.09. The number of carbonyl (C=O) groups excluding carboxylic acids is 1. The lowest BCUT2D eigenvalue weighted by Crippen LogP contribution is -2.31. The third-order valence-electron chi connectivity index (χ3n) is 2.95. The molecule has 7 heteroatoms. The van der Waals surface area contributed by atoms with Crippen molar-refractivity contribution in [3.05, 3.63) is 44.8 Å². The number of rotatable bonds is 6. The van der Waals surface area contributed by atoms with Crippen LogP contribution in [0.25, 0.3) is 0 Å². The molecule has 112 valence electrons. The van der Waals surface area contributed by atoms with Gasteiger partial charge in [0, 0.05) is 49.5 Å². The monoisotopic (exact) mass is 307 g/mol. The first-order chi connectivity index (χ1) is 10.1. The van der Waals surface area contributed by atoms with Crippen LogP contribution in [-0.4, -0.2) is 28.6 Å². The van der Waals surface area contributed by atoms with Crippen molar-refractivity contribution in [3.8, 4) is 5.75 Å². The molecular weight excluding hydrogens is 290 g/mol. The minimum atomic E-state index is -0.255. The van der Waals surface area contributed by atoms with Crippen LogP contribution in [0, 0.1) is 6.92 Å². The number of thiazole rings is 1. The summed E-state index contributed by atoms with van der Waals surface area (Å²) in [7, 11) is 1.82. The van der Waals surface area contributed by atoms with Crippen molar-refractivity contribution < 1.29 is 9.53 Å². The van der Waals surface area contributed by atoms with Gasteiger partial charge < -0.3 is 14.6 Å². The van der Waals surface area contributed by atoms with E-state index < -0.39 is 0 Å². The zero-order valence-corrected chi connectivity index (χ0v) is 12.8. The second-order valence-electron chi connectivity index (χ2n) is 4.57. The minimum absolute atomic E-state index is 0.170. The Balaban J connectivity index is 1.78. The van der Waals surface area contributed by atoms with Gasteiger partial charge in [0.15, 0.2) is 12.4 Å². The second-order valence-corrected chi connectivity index (χ2v) is 5.55. The van der Waals surface area contributed by atoms with E-state index in [0.29, 0.717) is 13.0 Å². The number of nitrogens with one attached hydrogen (secondary N) is 1. The lowest BCUT2D eigenvalue weighted by molar-refractivity contribution is -0.123. The van der Waals surface area contributed by atoms with E-state index in [1.807, 2.05) is 19.4 Å². The molecular formula is C14H17N3O3S. The molecule has 0 aliphatic heterocycles. The molecule has 0 spiro atoms. The summed E-state index contributed by atoms with van der Waals surface area (Å²) in [6.45, 7) is 2.16. The minimum Gasteiger partial charge on any atom is -0.478 e. The van der Waals surface area contributed by atoms with E-state index in [1.165, 1.54) is 6.07 Å². The van der Waals surface area contributed by atoms with Gasteiger partial charge in [0.05, 0.1) is 5.01 Å². The zero-order chi connectivity index (χ0) is 15.2. The van der Waals surface area contributed by atoms with Crippen LogP contribution in [0.3, 0.4) is 0 Å². The third-order valence-corrected chi connectivity index (χ3v) is 3.79. The average Bonchev–Trinajstić information content (AvgIpc) is 2.94. The van der Waals surface area contributed by atoms with Gasteiger partial charge in [-0.25, -0.2) is 4.98 Å². The second kappa shape index (κ2) is 7.03. The number of hydrogen-bond donors (Lipinski definition) is 1. The van der Waals surface area contributed by atoms with Crippen molar-refractivity contribution in [1.29, 1.82) is 0 Å². The van der Waals surface area contributed by atoms with Crippen LogP contribution in [-0.2, 0) is 18.3 Å². The maximum absolute atomic E-state index is 11.7. The number of aryl methyl sites for hydroxylation is 2. The summed E-state index contributed by atoms with van der Waals surface area (Å²) >= 11 is 1.55. The zero-order valence-electron chi connectivity index (χ0n) is 12.0. The molecule has 2 aromatic heterocycles. The Morgan fingerprint density at radius 3 is 3.05 bits per heavy atom. The van der Waals surface area contributed by atoms with Crippen molar-refractivity contribution >= 4 is 17.2 Å². The van der Waals surface area contributed by atoms with Crippen LogP contribution in [0.5, 0.6) is 5.75 Å².